The molecule has 1 N–H and O–H groups in total. The van der Waals surface area contributed by atoms with E-state index >= 15 is 0 Å². The van der Waals surface area contributed by atoms with Crippen molar-refractivity contribution in [2.75, 3.05) is 6.54 Å². The van der Waals surface area contributed by atoms with E-state index < -0.39 is 17.0 Å². The molecule has 2 saturated carbocycles. The quantitative estimate of drug-likeness (QED) is 0.364. The standard InChI is InChI=1S/C27H50N2O3S/c1-25(2,3)32-24(30)29-18-19(17-27(29,7)8)9-14-22(28-33(31)26(4,5)6)15-16-23(20-10-11-20)21-12-13-21/h19-23,28H,9-18H2,1-8H3. The zero-order valence-electron chi connectivity index (χ0n) is 22.5. The maximum absolute atomic E-state index is 12.9. The van der Waals surface area contributed by atoms with Crippen LogP contribution in [0.3, 0.4) is 0 Å². The van der Waals surface area contributed by atoms with Gasteiger partial charge in [-0.2, -0.15) is 0 Å². The number of hydrogen-bond donors (Lipinski definition) is 1. The second-order valence-corrected chi connectivity index (χ2v) is 15.7. The molecule has 1 amide bonds. The van der Waals surface area contributed by atoms with E-state index in [1.54, 1.807) is 0 Å². The van der Waals surface area contributed by atoms with Crippen LogP contribution >= 0.6 is 0 Å². The van der Waals surface area contributed by atoms with Crippen LogP contribution in [0.15, 0.2) is 0 Å². The Hall–Kier alpha value is -0.460. The van der Waals surface area contributed by atoms with E-state index in [-0.39, 0.29) is 22.4 Å². The van der Waals surface area contributed by atoms with Crippen molar-refractivity contribution in [2.24, 2.45) is 23.7 Å². The summed E-state index contributed by atoms with van der Waals surface area (Å²) in [6, 6.07) is 0.281. The Bertz CT molecular complexity index is 649. The van der Waals surface area contributed by atoms with Crippen molar-refractivity contribution in [3.63, 3.8) is 0 Å². The minimum absolute atomic E-state index is 0.187. The molecule has 3 atom stereocenters. The van der Waals surface area contributed by atoms with Gasteiger partial charge in [0.2, 0.25) is 0 Å². The van der Waals surface area contributed by atoms with Gasteiger partial charge in [-0.25, -0.2) is 4.79 Å². The summed E-state index contributed by atoms with van der Waals surface area (Å²) in [4.78, 5) is 14.7. The highest BCUT2D eigenvalue weighted by atomic mass is 32.2. The molecule has 3 rings (SSSR count). The molecule has 0 radical (unpaired) electrons. The molecule has 6 heteroatoms. The van der Waals surface area contributed by atoms with E-state index in [9.17, 15) is 9.35 Å². The Morgan fingerprint density at radius 1 is 1.06 bits per heavy atom. The number of likely N-dealkylation sites (tertiary alicyclic amines) is 1. The molecule has 0 spiro atoms. The van der Waals surface area contributed by atoms with Crippen LogP contribution < -0.4 is 4.72 Å². The van der Waals surface area contributed by atoms with Gasteiger partial charge in [-0.15, -0.1) is 4.72 Å². The third-order valence-electron chi connectivity index (χ3n) is 7.63. The predicted molar refractivity (Wildman–Crippen MR) is 137 cm³/mol. The monoisotopic (exact) mass is 482 g/mol. The molecule has 5 nitrogen and oxygen atoms in total. The Morgan fingerprint density at radius 3 is 2.12 bits per heavy atom. The van der Waals surface area contributed by atoms with Crippen LogP contribution in [-0.2, 0) is 16.1 Å². The van der Waals surface area contributed by atoms with Crippen molar-refractivity contribution in [1.82, 2.24) is 9.62 Å². The molecule has 1 aliphatic heterocycles. The molecule has 3 fully saturated rings. The summed E-state index contributed by atoms with van der Waals surface area (Å²) >= 11 is -1.05. The van der Waals surface area contributed by atoms with E-state index in [0.717, 1.165) is 50.0 Å². The molecule has 0 aromatic carbocycles. The van der Waals surface area contributed by atoms with Gasteiger partial charge in [-0.1, -0.05) is 0 Å². The molecule has 3 unspecified atom stereocenters. The first-order valence-electron chi connectivity index (χ1n) is 13.3. The van der Waals surface area contributed by atoms with Gasteiger partial charge >= 0.3 is 6.09 Å². The first-order chi connectivity index (χ1) is 15.2. The van der Waals surface area contributed by atoms with Crippen LogP contribution in [0.4, 0.5) is 4.79 Å². The topological polar surface area (TPSA) is 64.6 Å². The lowest BCUT2D eigenvalue weighted by atomic mass is 9.88. The lowest BCUT2D eigenvalue weighted by Crippen LogP contribution is -2.45. The minimum atomic E-state index is -1.05. The number of carbonyl (C=O) groups is 1. The summed E-state index contributed by atoms with van der Waals surface area (Å²) in [5.74, 6) is 3.28. The highest BCUT2D eigenvalue weighted by Crippen LogP contribution is 2.51. The fraction of sp³-hybridized carbons (Fsp3) is 0.963. The Morgan fingerprint density at radius 2 is 1.64 bits per heavy atom. The third kappa shape index (κ3) is 8.31. The summed E-state index contributed by atoms with van der Waals surface area (Å²) in [7, 11) is 0. The van der Waals surface area contributed by atoms with E-state index in [2.05, 4.69) is 18.6 Å². The van der Waals surface area contributed by atoms with Crippen LogP contribution in [0.2, 0.25) is 0 Å². The van der Waals surface area contributed by atoms with Crippen molar-refractivity contribution in [1.29, 1.82) is 0 Å². The molecule has 1 heterocycles. The number of nitrogens with one attached hydrogen (secondary N) is 1. The van der Waals surface area contributed by atoms with Gasteiger partial charge < -0.3 is 14.2 Å². The number of hydrogen-bond acceptors (Lipinski definition) is 4. The summed E-state index contributed by atoms with van der Waals surface area (Å²) < 4.78 is 21.8. The first-order valence-corrected chi connectivity index (χ1v) is 14.5. The number of rotatable bonds is 10. The van der Waals surface area contributed by atoms with Gasteiger partial charge in [0.15, 0.2) is 0 Å². The summed E-state index contributed by atoms with van der Waals surface area (Å²) in [6.45, 7) is 17.0. The highest BCUT2D eigenvalue weighted by Gasteiger charge is 2.44. The second kappa shape index (κ2) is 10.3. The Balaban J connectivity index is 1.56. The third-order valence-corrected chi connectivity index (χ3v) is 9.29. The van der Waals surface area contributed by atoms with E-state index in [1.807, 2.05) is 46.4 Å². The maximum atomic E-state index is 12.9. The van der Waals surface area contributed by atoms with Gasteiger partial charge in [0.1, 0.15) is 10.3 Å². The van der Waals surface area contributed by atoms with Gasteiger partial charge in [-0.3, -0.25) is 0 Å². The van der Waals surface area contributed by atoms with Crippen LogP contribution in [0.25, 0.3) is 0 Å². The smallest absolute Gasteiger partial charge is 0.410 e. The normalized spacial score (nSPS) is 25.4. The average Bonchev–Trinajstić information content (AvgIpc) is 3.55. The molecule has 192 valence electrons. The molecule has 2 aliphatic carbocycles. The molecule has 1 saturated heterocycles. The van der Waals surface area contributed by atoms with Gasteiger partial charge in [-0.05, 0) is 137 Å². The fourth-order valence-electron chi connectivity index (χ4n) is 5.54. The van der Waals surface area contributed by atoms with Crippen molar-refractivity contribution < 1.29 is 14.1 Å². The maximum Gasteiger partial charge on any atom is 0.410 e. The number of carbonyl (C=O) groups excluding carboxylic acids is 1. The Kier molecular flexibility index (Phi) is 8.44. The van der Waals surface area contributed by atoms with Crippen molar-refractivity contribution in [3.8, 4) is 0 Å². The first kappa shape index (κ1) is 27.1. The van der Waals surface area contributed by atoms with Gasteiger partial charge in [0.05, 0.1) is 6.04 Å². The molecule has 0 aromatic heterocycles. The average molecular weight is 483 g/mol. The zero-order valence-corrected chi connectivity index (χ0v) is 23.4. The molecular formula is C27H50N2O3S. The van der Waals surface area contributed by atoms with Crippen molar-refractivity contribution in [2.45, 2.75) is 135 Å². The van der Waals surface area contributed by atoms with E-state index in [0.29, 0.717) is 5.92 Å². The second-order valence-electron chi connectivity index (χ2n) is 13.7. The molecule has 33 heavy (non-hydrogen) atoms. The SMILES string of the molecule is CC(C)(C)OC(=O)N1CC(CCC(CCC(C2CC2)C2CC2)N[S+]([O-])C(C)(C)C)CC1(C)C. The summed E-state index contributed by atoms with van der Waals surface area (Å²) in [5, 5.41) is 0. The zero-order chi connectivity index (χ0) is 24.6. The van der Waals surface area contributed by atoms with Crippen molar-refractivity contribution >= 4 is 17.5 Å². The highest BCUT2D eigenvalue weighted by molar-refractivity contribution is 7.90. The predicted octanol–water partition coefficient (Wildman–Crippen LogP) is 6.44. The van der Waals surface area contributed by atoms with Crippen molar-refractivity contribution in [3.05, 3.63) is 0 Å². The molecular weight excluding hydrogens is 432 g/mol. The lowest BCUT2D eigenvalue weighted by Gasteiger charge is -2.33. The molecule has 3 aliphatic rings. The Labute approximate surface area is 206 Å². The number of nitrogens with zero attached hydrogens (tertiary/aromatic N) is 1. The minimum Gasteiger partial charge on any atom is -0.598 e. The lowest BCUT2D eigenvalue weighted by molar-refractivity contribution is 0.0131. The van der Waals surface area contributed by atoms with Crippen LogP contribution in [0.5, 0.6) is 0 Å². The van der Waals surface area contributed by atoms with E-state index in [1.165, 1.54) is 32.1 Å². The summed E-state index contributed by atoms with van der Waals surface area (Å²) in [5.41, 5.74) is -0.663. The van der Waals surface area contributed by atoms with Gasteiger partial charge in [0, 0.05) is 23.4 Å². The fourth-order valence-corrected chi connectivity index (χ4v) is 6.44. The molecule has 0 bridgehead atoms. The van der Waals surface area contributed by atoms with Gasteiger partial charge in [0.25, 0.3) is 0 Å². The number of amides is 1. The largest absolute Gasteiger partial charge is 0.598 e. The molecule has 0 aromatic rings. The van der Waals surface area contributed by atoms with Crippen LogP contribution in [0, 0.1) is 23.7 Å². The summed E-state index contributed by atoms with van der Waals surface area (Å²) in [6.07, 6.45) is 10.9. The van der Waals surface area contributed by atoms with Crippen LogP contribution in [-0.4, -0.2) is 44.0 Å². The van der Waals surface area contributed by atoms with Crippen LogP contribution in [0.1, 0.15) is 113 Å². The van der Waals surface area contributed by atoms with E-state index in [4.69, 9.17) is 4.74 Å². The number of ether oxygens (including phenoxy) is 1.